The van der Waals surface area contributed by atoms with E-state index in [1.54, 1.807) is 0 Å². The Morgan fingerprint density at radius 3 is 1.16 bits per heavy atom. The van der Waals surface area contributed by atoms with Crippen LogP contribution < -0.4 is 15.9 Å². The summed E-state index contributed by atoms with van der Waals surface area (Å²) in [5.74, 6) is 1.34. The summed E-state index contributed by atoms with van der Waals surface area (Å²) < 4.78 is 0. The second-order valence-corrected chi connectivity index (χ2v) is 10.8. The quantitative estimate of drug-likeness (QED) is 0.533. The average molecular weight is 347 g/mol. The molecule has 0 fully saturated rings. The Hall–Kier alpha value is -1.91. The van der Waals surface area contributed by atoms with Gasteiger partial charge in [-0.3, -0.25) is 0 Å². The molecule has 0 amide bonds. The fourth-order valence-electron chi connectivity index (χ4n) is 3.45. The molecule has 0 spiro atoms. The van der Waals surface area contributed by atoms with Gasteiger partial charge in [-0.2, -0.15) is 0 Å². The van der Waals surface area contributed by atoms with Crippen LogP contribution in [0.15, 0.2) is 91.0 Å². The summed E-state index contributed by atoms with van der Waals surface area (Å²) in [4.78, 5) is 0. The Morgan fingerprint density at radius 1 is 0.560 bits per heavy atom. The smallest absolute Gasteiger partial charge is 0.0624 e. The summed E-state index contributed by atoms with van der Waals surface area (Å²) in [6, 6.07) is 33.5. The van der Waals surface area contributed by atoms with Crippen molar-refractivity contribution in [2.24, 2.45) is 11.8 Å². The van der Waals surface area contributed by atoms with Crippen molar-refractivity contribution in [3.05, 3.63) is 91.0 Å². The molecule has 0 saturated carbocycles. The van der Waals surface area contributed by atoms with Crippen molar-refractivity contribution < 1.29 is 0 Å². The molecule has 0 aliphatic rings. The summed E-state index contributed by atoms with van der Waals surface area (Å²) >= 11 is 0. The van der Waals surface area contributed by atoms with Gasteiger partial charge in [0.15, 0.2) is 0 Å². The highest BCUT2D eigenvalue weighted by molar-refractivity contribution is 7.95. The Kier molecular flexibility index (Phi) is 5.71. The van der Waals surface area contributed by atoms with Crippen LogP contribution in [-0.4, -0.2) is 6.16 Å². The maximum atomic E-state index is 2.41. The van der Waals surface area contributed by atoms with Crippen molar-refractivity contribution in [1.29, 1.82) is 0 Å². The van der Waals surface area contributed by atoms with Gasteiger partial charge in [0.25, 0.3) is 0 Å². The molecular formula is C24H28P+. The Labute approximate surface area is 153 Å². The molecule has 25 heavy (non-hydrogen) atoms. The Bertz CT molecular complexity index is 666. The normalized spacial score (nSPS) is 13.0. The Balaban J connectivity index is 2.27. The third kappa shape index (κ3) is 3.70. The van der Waals surface area contributed by atoms with Crippen LogP contribution in [0.4, 0.5) is 0 Å². The van der Waals surface area contributed by atoms with E-state index in [1.165, 1.54) is 22.1 Å². The van der Waals surface area contributed by atoms with E-state index in [-0.39, 0.29) is 0 Å². The van der Waals surface area contributed by atoms with E-state index in [0.29, 0.717) is 11.8 Å². The van der Waals surface area contributed by atoms with Crippen LogP contribution in [0.25, 0.3) is 0 Å². The van der Waals surface area contributed by atoms with Gasteiger partial charge in [0.1, 0.15) is 23.2 Å². The molecule has 1 atom stereocenters. The maximum Gasteiger partial charge on any atom is 0.112 e. The van der Waals surface area contributed by atoms with Crippen molar-refractivity contribution in [2.45, 2.75) is 20.8 Å². The van der Waals surface area contributed by atoms with E-state index in [2.05, 4.69) is 112 Å². The van der Waals surface area contributed by atoms with E-state index in [1.807, 2.05) is 0 Å². The summed E-state index contributed by atoms with van der Waals surface area (Å²) in [5, 5.41) is 4.46. The van der Waals surface area contributed by atoms with Crippen molar-refractivity contribution in [2.75, 3.05) is 6.16 Å². The van der Waals surface area contributed by atoms with Crippen molar-refractivity contribution in [3.8, 4) is 0 Å². The van der Waals surface area contributed by atoms with E-state index in [4.69, 9.17) is 0 Å². The molecule has 0 unspecified atom stereocenters. The first-order chi connectivity index (χ1) is 12.1. The molecular weight excluding hydrogens is 319 g/mol. The molecule has 0 aromatic heterocycles. The zero-order valence-corrected chi connectivity index (χ0v) is 16.4. The highest BCUT2D eigenvalue weighted by Gasteiger charge is 2.46. The average Bonchev–Trinajstić information content (AvgIpc) is 2.68. The van der Waals surface area contributed by atoms with Crippen LogP contribution in [0.2, 0.25) is 0 Å². The fraction of sp³-hybridized carbons (Fsp3) is 0.250. The lowest BCUT2D eigenvalue weighted by atomic mass is 10.0. The first-order valence-corrected chi connectivity index (χ1v) is 11.2. The minimum Gasteiger partial charge on any atom is -0.0624 e. The minimum atomic E-state index is -1.66. The molecule has 3 rings (SSSR count). The van der Waals surface area contributed by atoms with E-state index in [9.17, 15) is 0 Å². The maximum absolute atomic E-state index is 2.41. The molecule has 0 heterocycles. The van der Waals surface area contributed by atoms with Gasteiger partial charge in [-0.05, 0) is 48.2 Å². The zero-order valence-electron chi connectivity index (χ0n) is 15.5. The third-order valence-corrected chi connectivity index (χ3v) is 9.95. The molecule has 0 nitrogen and oxygen atoms in total. The van der Waals surface area contributed by atoms with E-state index in [0.717, 1.165) is 0 Å². The molecule has 0 aliphatic heterocycles. The largest absolute Gasteiger partial charge is 0.112 e. The highest BCUT2D eigenvalue weighted by atomic mass is 31.2. The topological polar surface area (TPSA) is 0 Å². The van der Waals surface area contributed by atoms with Crippen LogP contribution in [0.1, 0.15) is 20.8 Å². The standard InChI is InChI=1S/C24H28P/c1-20(2)21(3)19-25(22-13-7-4-8-14-22,23-15-9-5-10-16-23)24-17-11-6-12-18-24/h4-18,20-21H,19H2,1-3H3/q+1/t21-/m0/s1. The minimum absolute atomic E-state index is 0.661. The highest BCUT2D eigenvalue weighted by Crippen LogP contribution is 2.57. The zero-order chi connectivity index (χ0) is 17.7. The molecule has 3 aromatic rings. The summed E-state index contributed by atoms with van der Waals surface area (Å²) in [6.07, 6.45) is 1.21. The molecule has 0 aliphatic carbocycles. The van der Waals surface area contributed by atoms with Gasteiger partial charge in [0, 0.05) is 0 Å². The molecule has 0 bridgehead atoms. The monoisotopic (exact) mass is 347 g/mol. The van der Waals surface area contributed by atoms with Crippen LogP contribution >= 0.6 is 7.26 Å². The number of benzene rings is 3. The lowest BCUT2D eigenvalue weighted by Crippen LogP contribution is -2.36. The first-order valence-electron chi connectivity index (χ1n) is 9.19. The van der Waals surface area contributed by atoms with Gasteiger partial charge in [-0.15, -0.1) is 0 Å². The van der Waals surface area contributed by atoms with Crippen LogP contribution in [0.5, 0.6) is 0 Å². The van der Waals surface area contributed by atoms with Crippen molar-refractivity contribution >= 4 is 23.2 Å². The van der Waals surface area contributed by atoms with Gasteiger partial charge in [-0.1, -0.05) is 75.4 Å². The second-order valence-electron chi connectivity index (χ2n) is 7.22. The van der Waals surface area contributed by atoms with Gasteiger partial charge in [-0.25, -0.2) is 0 Å². The summed E-state index contributed by atoms with van der Waals surface area (Å²) in [6.45, 7) is 7.11. The molecule has 0 saturated heterocycles. The van der Waals surface area contributed by atoms with Crippen LogP contribution in [0.3, 0.4) is 0 Å². The van der Waals surface area contributed by atoms with E-state index >= 15 is 0 Å². The molecule has 128 valence electrons. The second kappa shape index (κ2) is 7.98. The number of hydrogen-bond acceptors (Lipinski definition) is 0. The van der Waals surface area contributed by atoms with Gasteiger partial charge < -0.3 is 0 Å². The van der Waals surface area contributed by atoms with Crippen LogP contribution in [-0.2, 0) is 0 Å². The molecule has 0 radical (unpaired) electrons. The summed E-state index contributed by atoms with van der Waals surface area (Å²) in [5.41, 5.74) is 0. The van der Waals surface area contributed by atoms with Crippen molar-refractivity contribution in [3.63, 3.8) is 0 Å². The predicted molar refractivity (Wildman–Crippen MR) is 114 cm³/mol. The lowest BCUT2D eigenvalue weighted by Gasteiger charge is -2.31. The first kappa shape index (κ1) is 17.9. The Morgan fingerprint density at radius 2 is 0.880 bits per heavy atom. The summed E-state index contributed by atoms with van der Waals surface area (Å²) in [7, 11) is -1.66. The van der Waals surface area contributed by atoms with Crippen LogP contribution in [0, 0.1) is 11.8 Å². The molecule has 3 aromatic carbocycles. The number of hydrogen-bond donors (Lipinski definition) is 0. The van der Waals surface area contributed by atoms with Gasteiger partial charge in [0.05, 0.1) is 6.16 Å². The lowest BCUT2D eigenvalue weighted by molar-refractivity contribution is 0.462. The van der Waals surface area contributed by atoms with Gasteiger partial charge in [0.2, 0.25) is 0 Å². The SMILES string of the molecule is CC(C)[C@@H](C)C[P+](c1ccccc1)(c1ccccc1)c1ccccc1. The molecule has 1 heteroatoms. The van der Waals surface area contributed by atoms with E-state index < -0.39 is 7.26 Å². The fourth-order valence-corrected chi connectivity index (χ4v) is 8.31. The predicted octanol–water partition coefficient (Wildman–Crippen LogP) is 5.27. The molecule has 0 N–H and O–H groups in total. The van der Waals surface area contributed by atoms with Gasteiger partial charge >= 0.3 is 0 Å². The third-order valence-electron chi connectivity index (χ3n) is 5.29. The number of rotatable bonds is 6. The van der Waals surface area contributed by atoms with Crippen molar-refractivity contribution in [1.82, 2.24) is 0 Å².